The van der Waals surface area contributed by atoms with Crippen LogP contribution in [0.1, 0.15) is 18.9 Å². The van der Waals surface area contributed by atoms with Crippen LogP contribution < -0.4 is 10.0 Å². The molecule has 28 heavy (non-hydrogen) atoms. The van der Waals surface area contributed by atoms with E-state index in [0.717, 1.165) is 11.3 Å². The number of anilines is 1. The Balaban J connectivity index is 1.61. The van der Waals surface area contributed by atoms with Gasteiger partial charge in [-0.2, -0.15) is 16.4 Å². The van der Waals surface area contributed by atoms with E-state index in [4.69, 9.17) is 0 Å². The third kappa shape index (κ3) is 4.86. The van der Waals surface area contributed by atoms with Crippen LogP contribution in [0.5, 0.6) is 0 Å². The summed E-state index contributed by atoms with van der Waals surface area (Å²) in [7, 11) is -3.65. The van der Waals surface area contributed by atoms with Gasteiger partial charge < -0.3 is 5.32 Å². The van der Waals surface area contributed by atoms with Crippen LogP contribution in [0.25, 0.3) is 11.3 Å². The van der Waals surface area contributed by atoms with Gasteiger partial charge in [0.05, 0.1) is 17.1 Å². The van der Waals surface area contributed by atoms with Crippen LogP contribution in [-0.4, -0.2) is 30.7 Å². The minimum atomic E-state index is -3.65. The van der Waals surface area contributed by atoms with Gasteiger partial charge in [-0.3, -0.25) is 9.48 Å². The average molecular weight is 419 g/mol. The Hall–Kier alpha value is -2.49. The molecule has 0 atom stereocenters. The van der Waals surface area contributed by atoms with E-state index in [1.165, 1.54) is 6.07 Å². The summed E-state index contributed by atoms with van der Waals surface area (Å²) in [5, 5.41) is 11.2. The van der Waals surface area contributed by atoms with E-state index in [-0.39, 0.29) is 17.3 Å². The average Bonchev–Trinajstić information content (AvgIpc) is 3.32. The maximum absolute atomic E-state index is 12.6. The molecule has 0 aliphatic heterocycles. The van der Waals surface area contributed by atoms with Gasteiger partial charge in [0, 0.05) is 35.8 Å². The molecule has 0 saturated heterocycles. The van der Waals surface area contributed by atoms with Crippen molar-refractivity contribution < 1.29 is 13.2 Å². The number of carbonyl (C=O) groups is 1. The van der Waals surface area contributed by atoms with Crippen molar-refractivity contribution in [2.75, 3.05) is 11.9 Å². The number of carbonyl (C=O) groups excluding carboxylic acids is 1. The first-order valence-corrected chi connectivity index (χ1v) is 11.3. The fourth-order valence-electron chi connectivity index (χ4n) is 2.70. The largest absolute Gasteiger partial charge is 0.326 e. The molecule has 0 aliphatic carbocycles. The van der Waals surface area contributed by atoms with E-state index in [9.17, 15) is 13.2 Å². The molecule has 1 amide bonds. The van der Waals surface area contributed by atoms with Crippen LogP contribution in [-0.2, 0) is 21.4 Å². The third-order valence-electron chi connectivity index (χ3n) is 4.16. The number of hydrogen-bond donors (Lipinski definition) is 2. The van der Waals surface area contributed by atoms with Crippen LogP contribution in [0, 0.1) is 6.92 Å². The molecule has 2 N–H and O–H groups in total. The smallest absolute Gasteiger partial charge is 0.240 e. The lowest BCUT2D eigenvalue weighted by Crippen LogP contribution is -2.28. The third-order valence-corrected chi connectivity index (χ3v) is 6.46. The molecule has 0 spiro atoms. The van der Waals surface area contributed by atoms with Gasteiger partial charge in [-0.25, -0.2) is 13.1 Å². The summed E-state index contributed by atoms with van der Waals surface area (Å²) in [5.41, 5.74) is 3.07. The van der Waals surface area contributed by atoms with Crippen LogP contribution >= 0.6 is 11.3 Å². The second-order valence-corrected chi connectivity index (χ2v) is 8.77. The predicted octanol–water partition coefficient (Wildman–Crippen LogP) is 3.25. The number of aromatic nitrogens is 2. The van der Waals surface area contributed by atoms with Crippen molar-refractivity contribution in [2.24, 2.45) is 0 Å². The number of sulfonamides is 1. The summed E-state index contributed by atoms with van der Waals surface area (Å²) in [6, 6.07) is 8.66. The van der Waals surface area contributed by atoms with Gasteiger partial charge in [0.15, 0.2) is 0 Å². The Labute approximate surface area is 168 Å². The van der Waals surface area contributed by atoms with Crippen LogP contribution in [0.15, 0.2) is 52.2 Å². The van der Waals surface area contributed by atoms with E-state index in [2.05, 4.69) is 15.1 Å². The number of hydrogen-bond acceptors (Lipinski definition) is 5. The normalized spacial score (nSPS) is 11.5. The summed E-state index contributed by atoms with van der Waals surface area (Å²) in [4.78, 5) is 11.7. The molecule has 0 aliphatic rings. The van der Waals surface area contributed by atoms with Crippen molar-refractivity contribution in [3.63, 3.8) is 0 Å². The van der Waals surface area contributed by atoms with Crippen molar-refractivity contribution in [1.82, 2.24) is 14.5 Å². The number of rotatable bonds is 8. The second kappa shape index (κ2) is 8.68. The van der Waals surface area contributed by atoms with E-state index >= 15 is 0 Å². The highest BCUT2D eigenvalue weighted by molar-refractivity contribution is 7.89. The number of thiophene rings is 1. The van der Waals surface area contributed by atoms with Crippen molar-refractivity contribution in [3.8, 4) is 11.3 Å². The molecule has 0 bridgehead atoms. The Kier molecular flexibility index (Phi) is 6.28. The molecule has 0 fully saturated rings. The quantitative estimate of drug-likeness (QED) is 0.587. The number of amides is 1. The zero-order valence-corrected chi connectivity index (χ0v) is 17.3. The summed E-state index contributed by atoms with van der Waals surface area (Å²) in [5.74, 6) is -0.117. The number of aryl methyl sites for hydroxylation is 1. The number of nitrogens with one attached hydrogen (secondary N) is 2. The molecule has 3 aromatic rings. The molecule has 0 saturated carbocycles. The summed E-state index contributed by atoms with van der Waals surface area (Å²) in [6.45, 7) is 4.11. The molecule has 9 heteroatoms. The van der Waals surface area contributed by atoms with Gasteiger partial charge >= 0.3 is 0 Å². The zero-order chi connectivity index (χ0) is 20.1. The molecule has 148 valence electrons. The maximum Gasteiger partial charge on any atom is 0.240 e. The van der Waals surface area contributed by atoms with Crippen molar-refractivity contribution >= 4 is 33.0 Å². The Morgan fingerprint density at radius 2 is 2.07 bits per heavy atom. The lowest BCUT2D eigenvalue weighted by molar-refractivity contribution is -0.115. The Morgan fingerprint density at radius 3 is 2.75 bits per heavy atom. The first-order valence-electron chi connectivity index (χ1n) is 8.85. The number of nitrogens with zero attached hydrogens (tertiary/aromatic N) is 2. The lowest BCUT2D eigenvalue weighted by Gasteiger charge is -2.11. The monoisotopic (exact) mass is 418 g/mol. The van der Waals surface area contributed by atoms with E-state index in [0.29, 0.717) is 24.2 Å². The SMILES string of the molecule is CCC(=O)Nc1ccc(S(=O)(=O)NCCn2ccc(-c3ccsc3)n2)c(C)c1. The Morgan fingerprint density at radius 1 is 1.25 bits per heavy atom. The van der Waals surface area contributed by atoms with Gasteiger partial charge in [0.25, 0.3) is 0 Å². The molecular weight excluding hydrogens is 396 g/mol. The van der Waals surface area contributed by atoms with E-state index in [1.807, 2.05) is 29.1 Å². The fourth-order valence-corrected chi connectivity index (χ4v) is 4.60. The molecule has 3 rings (SSSR count). The molecule has 7 nitrogen and oxygen atoms in total. The topological polar surface area (TPSA) is 93.1 Å². The molecule has 0 radical (unpaired) electrons. The summed E-state index contributed by atoms with van der Waals surface area (Å²) in [6.07, 6.45) is 2.19. The minimum absolute atomic E-state index is 0.117. The molecule has 1 aromatic carbocycles. The zero-order valence-electron chi connectivity index (χ0n) is 15.7. The second-order valence-electron chi connectivity index (χ2n) is 6.26. The summed E-state index contributed by atoms with van der Waals surface area (Å²) >= 11 is 1.61. The molecular formula is C19H22N4O3S2. The Bertz CT molecular complexity index is 1060. The van der Waals surface area contributed by atoms with Crippen molar-refractivity contribution in [1.29, 1.82) is 0 Å². The van der Waals surface area contributed by atoms with E-state index < -0.39 is 10.0 Å². The minimum Gasteiger partial charge on any atom is -0.326 e. The highest BCUT2D eigenvalue weighted by Gasteiger charge is 2.17. The predicted molar refractivity (Wildman–Crippen MR) is 111 cm³/mol. The van der Waals surface area contributed by atoms with Gasteiger partial charge in [0.1, 0.15) is 0 Å². The van der Waals surface area contributed by atoms with Crippen molar-refractivity contribution in [2.45, 2.75) is 31.7 Å². The lowest BCUT2D eigenvalue weighted by atomic mass is 10.2. The van der Waals surface area contributed by atoms with Gasteiger partial charge in [0.2, 0.25) is 15.9 Å². The number of benzene rings is 1. The van der Waals surface area contributed by atoms with Crippen LogP contribution in [0.3, 0.4) is 0 Å². The van der Waals surface area contributed by atoms with Crippen LogP contribution in [0.2, 0.25) is 0 Å². The highest BCUT2D eigenvalue weighted by atomic mass is 32.2. The van der Waals surface area contributed by atoms with Gasteiger partial charge in [-0.1, -0.05) is 6.92 Å². The van der Waals surface area contributed by atoms with E-state index in [1.54, 1.807) is 42.0 Å². The van der Waals surface area contributed by atoms with Crippen LogP contribution in [0.4, 0.5) is 5.69 Å². The highest BCUT2D eigenvalue weighted by Crippen LogP contribution is 2.21. The molecule has 2 aromatic heterocycles. The molecule has 2 heterocycles. The molecule has 0 unspecified atom stereocenters. The summed E-state index contributed by atoms with van der Waals surface area (Å²) < 4.78 is 29.5. The van der Waals surface area contributed by atoms with Gasteiger partial charge in [-0.05, 0) is 48.2 Å². The van der Waals surface area contributed by atoms with Gasteiger partial charge in [-0.15, -0.1) is 0 Å². The first-order chi connectivity index (χ1) is 13.4. The first kappa shape index (κ1) is 20.2. The maximum atomic E-state index is 12.6. The fraction of sp³-hybridized carbons (Fsp3) is 0.263. The standard InChI is InChI=1S/C19H22N4O3S2/c1-3-19(24)21-16-4-5-18(14(2)12-16)28(25,26)20-8-10-23-9-6-17(22-23)15-7-11-27-13-15/h4-7,9,11-13,20H,3,8,10H2,1-2H3,(H,21,24). The van der Waals surface area contributed by atoms with Crippen molar-refractivity contribution in [3.05, 3.63) is 52.9 Å².